The number of rotatable bonds is 4. The second-order valence-electron chi connectivity index (χ2n) is 6.18. The molecular formula is C20H23NO3. The standard InChI is InChI=1S/C20H23NO3/c1-14-4-6-17(7-5-14)24-13-20(22)21-11-10-16-12-18(23-3)8-9-19(16)15(21)2/h4-9,12,15H,10-11,13H2,1-3H3. The third-order valence-corrected chi connectivity index (χ3v) is 4.59. The fourth-order valence-electron chi connectivity index (χ4n) is 3.14. The summed E-state index contributed by atoms with van der Waals surface area (Å²) < 4.78 is 10.9. The Labute approximate surface area is 143 Å². The molecule has 0 bridgehead atoms. The van der Waals surface area contributed by atoms with Gasteiger partial charge in [-0.15, -0.1) is 0 Å². The maximum atomic E-state index is 12.6. The average Bonchev–Trinajstić information content (AvgIpc) is 2.61. The molecule has 1 atom stereocenters. The number of carbonyl (C=O) groups is 1. The van der Waals surface area contributed by atoms with E-state index in [-0.39, 0.29) is 18.6 Å². The molecule has 0 N–H and O–H groups in total. The lowest BCUT2D eigenvalue weighted by Gasteiger charge is -2.35. The van der Waals surface area contributed by atoms with E-state index in [1.165, 1.54) is 16.7 Å². The van der Waals surface area contributed by atoms with Gasteiger partial charge in [0.1, 0.15) is 11.5 Å². The quantitative estimate of drug-likeness (QED) is 0.863. The van der Waals surface area contributed by atoms with Crippen LogP contribution in [0.15, 0.2) is 42.5 Å². The molecule has 4 heteroatoms. The minimum Gasteiger partial charge on any atom is -0.497 e. The van der Waals surface area contributed by atoms with E-state index in [4.69, 9.17) is 9.47 Å². The van der Waals surface area contributed by atoms with Gasteiger partial charge in [0.2, 0.25) is 0 Å². The number of methoxy groups -OCH3 is 1. The Morgan fingerprint density at radius 2 is 1.88 bits per heavy atom. The van der Waals surface area contributed by atoms with Crippen LogP contribution >= 0.6 is 0 Å². The van der Waals surface area contributed by atoms with Gasteiger partial charge in [-0.05, 0) is 55.7 Å². The van der Waals surface area contributed by atoms with E-state index in [0.717, 1.165) is 17.9 Å². The zero-order valence-corrected chi connectivity index (χ0v) is 14.4. The zero-order chi connectivity index (χ0) is 17.1. The molecule has 1 aliphatic heterocycles. The van der Waals surface area contributed by atoms with Crippen LogP contribution in [0.25, 0.3) is 0 Å². The lowest BCUT2D eigenvalue weighted by Crippen LogP contribution is -2.41. The van der Waals surface area contributed by atoms with Gasteiger partial charge in [-0.3, -0.25) is 4.79 Å². The van der Waals surface area contributed by atoms with E-state index in [9.17, 15) is 4.79 Å². The highest BCUT2D eigenvalue weighted by Crippen LogP contribution is 2.31. The first-order chi connectivity index (χ1) is 11.6. The monoisotopic (exact) mass is 325 g/mol. The number of benzene rings is 2. The summed E-state index contributed by atoms with van der Waals surface area (Å²) in [5.74, 6) is 1.61. The maximum absolute atomic E-state index is 12.6. The lowest BCUT2D eigenvalue weighted by molar-refractivity contribution is -0.135. The molecule has 0 radical (unpaired) electrons. The predicted molar refractivity (Wildman–Crippen MR) is 93.5 cm³/mol. The van der Waals surface area contributed by atoms with Crippen molar-refractivity contribution in [1.82, 2.24) is 4.90 Å². The summed E-state index contributed by atoms with van der Waals surface area (Å²) in [7, 11) is 1.67. The summed E-state index contributed by atoms with van der Waals surface area (Å²) in [6.45, 7) is 4.86. The molecule has 1 unspecified atom stereocenters. The minimum atomic E-state index is 0.0181. The Morgan fingerprint density at radius 3 is 2.58 bits per heavy atom. The van der Waals surface area contributed by atoms with E-state index in [2.05, 4.69) is 19.1 Å². The molecule has 0 saturated heterocycles. The minimum absolute atomic E-state index is 0.0181. The zero-order valence-electron chi connectivity index (χ0n) is 14.4. The average molecular weight is 325 g/mol. The number of nitrogens with zero attached hydrogens (tertiary/aromatic N) is 1. The van der Waals surface area contributed by atoms with Gasteiger partial charge < -0.3 is 14.4 Å². The van der Waals surface area contributed by atoms with Gasteiger partial charge in [0.05, 0.1) is 13.2 Å². The summed E-state index contributed by atoms with van der Waals surface area (Å²) in [5, 5.41) is 0. The van der Waals surface area contributed by atoms with Crippen LogP contribution < -0.4 is 9.47 Å². The number of ether oxygens (including phenoxy) is 2. The highest BCUT2D eigenvalue weighted by Gasteiger charge is 2.27. The van der Waals surface area contributed by atoms with Crippen molar-refractivity contribution in [1.29, 1.82) is 0 Å². The fourth-order valence-corrected chi connectivity index (χ4v) is 3.14. The van der Waals surface area contributed by atoms with Crippen molar-refractivity contribution in [2.24, 2.45) is 0 Å². The van der Waals surface area contributed by atoms with Crippen molar-refractivity contribution in [3.05, 3.63) is 59.2 Å². The van der Waals surface area contributed by atoms with Crippen molar-refractivity contribution in [2.75, 3.05) is 20.3 Å². The first kappa shape index (κ1) is 16.4. The summed E-state index contributed by atoms with van der Waals surface area (Å²) in [4.78, 5) is 14.4. The van der Waals surface area contributed by atoms with Crippen molar-refractivity contribution < 1.29 is 14.3 Å². The second-order valence-corrected chi connectivity index (χ2v) is 6.18. The number of hydrogen-bond acceptors (Lipinski definition) is 3. The number of fused-ring (bicyclic) bond motifs is 1. The number of aryl methyl sites for hydroxylation is 1. The Balaban J connectivity index is 1.66. The fraction of sp³-hybridized carbons (Fsp3) is 0.350. The van der Waals surface area contributed by atoms with E-state index in [1.54, 1.807) is 7.11 Å². The molecule has 2 aromatic carbocycles. The molecule has 126 valence electrons. The van der Waals surface area contributed by atoms with Crippen molar-refractivity contribution >= 4 is 5.91 Å². The van der Waals surface area contributed by atoms with Gasteiger partial charge in [-0.25, -0.2) is 0 Å². The van der Waals surface area contributed by atoms with Gasteiger partial charge >= 0.3 is 0 Å². The van der Waals surface area contributed by atoms with Crippen LogP contribution in [0, 0.1) is 6.92 Å². The van der Waals surface area contributed by atoms with Crippen LogP contribution in [0.2, 0.25) is 0 Å². The highest BCUT2D eigenvalue weighted by atomic mass is 16.5. The van der Waals surface area contributed by atoms with E-state index < -0.39 is 0 Å². The molecule has 0 fully saturated rings. The van der Waals surface area contributed by atoms with Crippen molar-refractivity contribution in [3.8, 4) is 11.5 Å². The third kappa shape index (κ3) is 3.37. The normalized spacial score (nSPS) is 16.5. The molecule has 1 heterocycles. The molecule has 0 aromatic heterocycles. The second kappa shape index (κ2) is 6.95. The summed E-state index contributed by atoms with van der Waals surface area (Å²) in [5.41, 5.74) is 3.61. The molecular weight excluding hydrogens is 302 g/mol. The number of carbonyl (C=O) groups excluding carboxylic acids is 1. The molecule has 1 aliphatic rings. The molecule has 0 saturated carbocycles. The third-order valence-electron chi connectivity index (χ3n) is 4.59. The van der Waals surface area contributed by atoms with Gasteiger partial charge in [0.15, 0.2) is 6.61 Å². The van der Waals surface area contributed by atoms with Crippen LogP contribution in [-0.2, 0) is 11.2 Å². The Bertz CT molecular complexity index is 724. The maximum Gasteiger partial charge on any atom is 0.261 e. The van der Waals surface area contributed by atoms with Crippen LogP contribution in [0.1, 0.15) is 29.7 Å². The predicted octanol–water partition coefficient (Wildman–Crippen LogP) is 3.53. The first-order valence-electron chi connectivity index (χ1n) is 8.24. The van der Waals surface area contributed by atoms with Gasteiger partial charge in [-0.1, -0.05) is 23.8 Å². The Kier molecular flexibility index (Phi) is 4.74. The Morgan fingerprint density at radius 1 is 1.17 bits per heavy atom. The van der Waals surface area contributed by atoms with Crippen molar-refractivity contribution in [2.45, 2.75) is 26.3 Å². The topological polar surface area (TPSA) is 38.8 Å². The summed E-state index contributed by atoms with van der Waals surface area (Å²) >= 11 is 0. The molecule has 24 heavy (non-hydrogen) atoms. The smallest absolute Gasteiger partial charge is 0.261 e. The first-order valence-corrected chi connectivity index (χ1v) is 8.24. The van der Waals surface area contributed by atoms with Gasteiger partial charge in [0.25, 0.3) is 5.91 Å². The molecule has 0 aliphatic carbocycles. The van der Waals surface area contributed by atoms with Crippen LogP contribution in [0.4, 0.5) is 0 Å². The van der Waals surface area contributed by atoms with Gasteiger partial charge in [0, 0.05) is 6.54 Å². The van der Waals surface area contributed by atoms with E-state index >= 15 is 0 Å². The molecule has 0 spiro atoms. The van der Waals surface area contributed by atoms with Crippen LogP contribution in [0.3, 0.4) is 0 Å². The van der Waals surface area contributed by atoms with E-state index in [1.807, 2.05) is 42.2 Å². The van der Waals surface area contributed by atoms with Crippen LogP contribution in [0.5, 0.6) is 11.5 Å². The number of hydrogen-bond donors (Lipinski definition) is 0. The molecule has 4 nitrogen and oxygen atoms in total. The largest absolute Gasteiger partial charge is 0.497 e. The van der Waals surface area contributed by atoms with E-state index in [0.29, 0.717) is 6.54 Å². The molecule has 2 aromatic rings. The molecule has 1 amide bonds. The Hall–Kier alpha value is -2.49. The van der Waals surface area contributed by atoms with Crippen LogP contribution in [-0.4, -0.2) is 31.1 Å². The SMILES string of the molecule is COc1ccc2c(c1)CCN(C(=O)COc1ccc(C)cc1)C2C. The lowest BCUT2D eigenvalue weighted by atomic mass is 9.93. The highest BCUT2D eigenvalue weighted by molar-refractivity contribution is 5.78. The molecule has 3 rings (SSSR count). The summed E-state index contributed by atoms with van der Waals surface area (Å²) in [6.07, 6.45) is 0.840. The van der Waals surface area contributed by atoms with Gasteiger partial charge in [-0.2, -0.15) is 0 Å². The summed E-state index contributed by atoms with van der Waals surface area (Å²) in [6, 6.07) is 13.9. The number of amides is 1. The van der Waals surface area contributed by atoms with Crippen molar-refractivity contribution in [3.63, 3.8) is 0 Å².